The van der Waals surface area contributed by atoms with Crippen molar-refractivity contribution >= 4 is 0 Å². The van der Waals surface area contributed by atoms with Crippen LogP contribution in [0.3, 0.4) is 0 Å². The van der Waals surface area contributed by atoms with Gasteiger partial charge in [0.1, 0.15) is 0 Å². The predicted octanol–water partition coefficient (Wildman–Crippen LogP) is 2.97. The molecule has 0 amide bonds. The minimum Gasteiger partial charge on any atom is -0.377 e. The van der Waals surface area contributed by atoms with Gasteiger partial charge in [-0.25, -0.2) is 0 Å². The lowest BCUT2D eigenvalue weighted by Crippen LogP contribution is -2.62. The second kappa shape index (κ2) is 5.59. The third-order valence-electron chi connectivity index (χ3n) is 3.90. The fourth-order valence-electron chi connectivity index (χ4n) is 2.24. The maximum Gasteiger partial charge on any atom is 0.0697 e. The van der Waals surface area contributed by atoms with Crippen molar-refractivity contribution in [1.82, 2.24) is 5.32 Å². The number of nitrogens with one attached hydrogen (secondary N) is 1. The molecule has 1 N–H and O–H groups in total. The zero-order valence-corrected chi connectivity index (χ0v) is 12.7. The predicted molar refractivity (Wildman–Crippen MR) is 74.2 cm³/mol. The monoisotopic (exact) mass is 252 g/mol. The molecule has 104 valence electrons. The number of nitriles is 1. The molecule has 2 atom stereocenters. The molecular formula is C15H28N2O. The van der Waals surface area contributed by atoms with Crippen molar-refractivity contribution in [3.8, 4) is 6.07 Å². The Balaban J connectivity index is 2.38. The van der Waals surface area contributed by atoms with E-state index in [4.69, 9.17) is 10.00 Å². The van der Waals surface area contributed by atoms with E-state index in [0.29, 0.717) is 18.1 Å². The van der Waals surface area contributed by atoms with Crippen LogP contribution < -0.4 is 5.32 Å². The number of nitrogens with zero attached hydrogens (tertiary/aromatic N) is 1. The van der Waals surface area contributed by atoms with Gasteiger partial charge in [0.05, 0.1) is 17.6 Å². The highest BCUT2D eigenvalue weighted by atomic mass is 16.5. The Hall–Kier alpha value is -0.590. The molecule has 0 spiro atoms. The maximum atomic E-state index is 9.01. The highest BCUT2D eigenvalue weighted by Crippen LogP contribution is 2.43. The van der Waals surface area contributed by atoms with Gasteiger partial charge in [-0.2, -0.15) is 5.26 Å². The summed E-state index contributed by atoms with van der Waals surface area (Å²) in [5.74, 6) is 0.588. The van der Waals surface area contributed by atoms with Crippen LogP contribution in [-0.2, 0) is 4.74 Å². The normalized spacial score (nSPS) is 26.8. The van der Waals surface area contributed by atoms with Gasteiger partial charge in [-0.1, -0.05) is 27.7 Å². The van der Waals surface area contributed by atoms with Gasteiger partial charge in [0.25, 0.3) is 0 Å². The van der Waals surface area contributed by atoms with Gasteiger partial charge in [-0.05, 0) is 26.2 Å². The summed E-state index contributed by atoms with van der Waals surface area (Å²) in [6, 6.07) is 2.79. The van der Waals surface area contributed by atoms with Crippen LogP contribution in [0, 0.1) is 28.1 Å². The molecule has 1 saturated carbocycles. The van der Waals surface area contributed by atoms with Crippen molar-refractivity contribution < 1.29 is 4.74 Å². The molecule has 1 fully saturated rings. The summed E-state index contributed by atoms with van der Waals surface area (Å²) in [6.45, 7) is 14.4. The third-order valence-corrected chi connectivity index (χ3v) is 3.90. The molecule has 1 rings (SSSR count). The standard InChI is InChI=1S/C15H28N2O/c1-11(2)8-18-13-7-12(15(13,5)6)17-10-14(3,4)9-16/h11-13,17H,7-8,10H2,1-6H3. The minimum atomic E-state index is -0.292. The summed E-state index contributed by atoms with van der Waals surface area (Å²) in [5, 5.41) is 12.5. The SMILES string of the molecule is CC(C)COC1CC(NCC(C)(C)C#N)C1(C)C. The van der Waals surface area contributed by atoms with E-state index in [1.165, 1.54) is 0 Å². The number of hydrogen-bond donors (Lipinski definition) is 1. The van der Waals surface area contributed by atoms with Gasteiger partial charge in [-0.3, -0.25) is 0 Å². The molecule has 0 saturated heterocycles. The molecule has 1 aliphatic rings. The second-order valence-electron chi connectivity index (χ2n) is 7.20. The van der Waals surface area contributed by atoms with Crippen LogP contribution in [0.2, 0.25) is 0 Å². The lowest BCUT2D eigenvalue weighted by molar-refractivity contribution is -0.124. The van der Waals surface area contributed by atoms with Crippen molar-refractivity contribution in [2.24, 2.45) is 16.7 Å². The molecule has 2 unspecified atom stereocenters. The fraction of sp³-hybridized carbons (Fsp3) is 0.933. The molecule has 0 radical (unpaired) electrons. The van der Waals surface area contributed by atoms with E-state index in [2.05, 4.69) is 39.1 Å². The van der Waals surface area contributed by atoms with Crippen LogP contribution in [0.4, 0.5) is 0 Å². The van der Waals surface area contributed by atoms with Crippen LogP contribution in [0.5, 0.6) is 0 Å². The summed E-state index contributed by atoms with van der Waals surface area (Å²) in [4.78, 5) is 0. The number of ether oxygens (including phenoxy) is 1. The van der Waals surface area contributed by atoms with Crippen LogP contribution in [0.25, 0.3) is 0 Å². The molecular weight excluding hydrogens is 224 g/mol. The van der Waals surface area contributed by atoms with E-state index in [1.807, 2.05) is 13.8 Å². The second-order valence-corrected chi connectivity index (χ2v) is 7.20. The van der Waals surface area contributed by atoms with E-state index >= 15 is 0 Å². The Bertz CT molecular complexity index is 315. The highest BCUT2D eigenvalue weighted by Gasteiger charge is 2.49. The Morgan fingerprint density at radius 3 is 2.50 bits per heavy atom. The first-order valence-corrected chi connectivity index (χ1v) is 6.95. The van der Waals surface area contributed by atoms with Crippen molar-refractivity contribution in [2.45, 2.75) is 60.1 Å². The lowest BCUT2D eigenvalue weighted by Gasteiger charge is -2.52. The lowest BCUT2D eigenvalue weighted by atomic mass is 9.64. The average Bonchev–Trinajstić information content (AvgIpc) is 2.26. The molecule has 0 aliphatic heterocycles. The smallest absolute Gasteiger partial charge is 0.0697 e. The van der Waals surface area contributed by atoms with Crippen molar-refractivity contribution in [3.05, 3.63) is 0 Å². The number of hydrogen-bond acceptors (Lipinski definition) is 3. The van der Waals surface area contributed by atoms with E-state index in [-0.39, 0.29) is 10.8 Å². The molecule has 0 heterocycles. The summed E-state index contributed by atoms with van der Waals surface area (Å²) in [7, 11) is 0. The summed E-state index contributed by atoms with van der Waals surface area (Å²) >= 11 is 0. The summed E-state index contributed by atoms with van der Waals surface area (Å²) in [5.41, 5.74) is -0.125. The number of rotatable bonds is 6. The van der Waals surface area contributed by atoms with Gasteiger partial charge >= 0.3 is 0 Å². The van der Waals surface area contributed by atoms with Crippen molar-refractivity contribution in [2.75, 3.05) is 13.2 Å². The Morgan fingerprint density at radius 1 is 1.44 bits per heavy atom. The van der Waals surface area contributed by atoms with Gasteiger partial charge in [0.2, 0.25) is 0 Å². The molecule has 0 aromatic carbocycles. The minimum absolute atomic E-state index is 0.167. The first-order valence-electron chi connectivity index (χ1n) is 6.95. The molecule has 0 bridgehead atoms. The topological polar surface area (TPSA) is 45.0 Å². The van der Waals surface area contributed by atoms with Crippen molar-refractivity contribution in [3.63, 3.8) is 0 Å². The molecule has 3 nitrogen and oxygen atoms in total. The molecule has 1 aliphatic carbocycles. The van der Waals surface area contributed by atoms with Gasteiger partial charge in [0.15, 0.2) is 0 Å². The van der Waals surface area contributed by atoms with Gasteiger partial charge in [-0.15, -0.1) is 0 Å². The van der Waals surface area contributed by atoms with Crippen LogP contribution in [0.1, 0.15) is 48.0 Å². The zero-order valence-electron chi connectivity index (χ0n) is 12.7. The Labute approximate surface area is 112 Å². The summed E-state index contributed by atoms with van der Waals surface area (Å²) in [6.07, 6.45) is 1.41. The van der Waals surface area contributed by atoms with Gasteiger partial charge < -0.3 is 10.1 Å². The fourth-order valence-corrected chi connectivity index (χ4v) is 2.24. The van der Waals surface area contributed by atoms with Crippen LogP contribution >= 0.6 is 0 Å². The maximum absolute atomic E-state index is 9.01. The van der Waals surface area contributed by atoms with Gasteiger partial charge in [0, 0.05) is 24.6 Å². The van der Waals surface area contributed by atoms with Crippen molar-refractivity contribution in [1.29, 1.82) is 5.26 Å². The highest BCUT2D eigenvalue weighted by molar-refractivity contribution is 5.04. The van der Waals surface area contributed by atoms with E-state index in [9.17, 15) is 0 Å². The Kier molecular flexibility index (Phi) is 4.80. The first kappa shape index (κ1) is 15.5. The van der Waals surface area contributed by atoms with E-state index < -0.39 is 0 Å². The largest absolute Gasteiger partial charge is 0.377 e. The Morgan fingerprint density at radius 2 is 2.06 bits per heavy atom. The van der Waals surface area contributed by atoms with E-state index in [0.717, 1.165) is 19.6 Å². The van der Waals surface area contributed by atoms with Crippen LogP contribution in [-0.4, -0.2) is 25.3 Å². The molecule has 18 heavy (non-hydrogen) atoms. The molecule has 0 aromatic rings. The average molecular weight is 252 g/mol. The van der Waals surface area contributed by atoms with Crippen LogP contribution in [0.15, 0.2) is 0 Å². The third kappa shape index (κ3) is 3.70. The summed E-state index contributed by atoms with van der Waals surface area (Å²) < 4.78 is 5.94. The quantitative estimate of drug-likeness (QED) is 0.790. The van der Waals surface area contributed by atoms with E-state index in [1.54, 1.807) is 0 Å². The molecule has 3 heteroatoms. The molecule has 0 aromatic heterocycles. The first-order chi connectivity index (χ1) is 8.19. The zero-order chi connectivity index (χ0) is 14.0.